The van der Waals surface area contributed by atoms with E-state index < -0.39 is 0 Å². The molecule has 0 spiro atoms. The molecule has 4 heteroatoms. The molecule has 42 valence electrons. The fourth-order valence-corrected chi connectivity index (χ4v) is 1.15. The summed E-state index contributed by atoms with van der Waals surface area (Å²) in [6, 6.07) is 1.76. The summed E-state index contributed by atoms with van der Waals surface area (Å²) >= 11 is 0.309. The molecule has 1 rings (SSSR count). The Labute approximate surface area is 59.2 Å². The van der Waals surface area contributed by atoms with Crippen LogP contribution in [0.25, 0.3) is 0 Å². The fraction of sp³-hybridized carbons (Fsp3) is 0. The maximum atomic E-state index is 10.6. The van der Waals surface area contributed by atoms with E-state index in [1.165, 1.54) is 0 Å². The molecule has 0 atom stereocenters. The van der Waals surface area contributed by atoms with Gasteiger partial charge in [-0.05, 0) is 0 Å². The molecular formula is C4H6N2OSn. The van der Waals surface area contributed by atoms with Crippen LogP contribution in [-0.2, 0) is 0 Å². The number of hydrogen-bond acceptors (Lipinski definition) is 2. The van der Waals surface area contributed by atoms with Crippen molar-refractivity contribution in [2.75, 3.05) is 0 Å². The molecule has 1 N–H and O–H groups in total. The summed E-state index contributed by atoms with van der Waals surface area (Å²) in [5.41, 5.74) is -0.0247. The topological polar surface area (TPSA) is 45.8 Å². The third kappa shape index (κ3) is 1.09. The molecule has 0 saturated heterocycles. The van der Waals surface area contributed by atoms with Crippen molar-refractivity contribution in [1.82, 2.24) is 10.2 Å². The molecule has 1 aromatic rings. The van der Waals surface area contributed by atoms with Gasteiger partial charge >= 0.3 is 58.9 Å². The predicted molar refractivity (Wildman–Crippen MR) is 34.4 cm³/mol. The predicted octanol–water partition coefficient (Wildman–Crippen LogP) is -2.24. The standard InChI is InChI=1S/C4H3N2O.Sn.3H/c7-4-2-1-3-5-6-4;;;;/h1,3H,(H,6,7);;;;. The molecule has 0 amide bonds. The van der Waals surface area contributed by atoms with Crippen LogP contribution in [0.5, 0.6) is 0 Å². The third-order valence-electron chi connectivity index (χ3n) is 0.923. The van der Waals surface area contributed by atoms with E-state index in [1.807, 2.05) is 0 Å². The average molecular weight is 217 g/mol. The second kappa shape index (κ2) is 2.30. The Morgan fingerprint density at radius 2 is 2.50 bits per heavy atom. The van der Waals surface area contributed by atoms with Gasteiger partial charge in [-0.1, -0.05) is 0 Å². The maximum absolute atomic E-state index is 10.6. The Morgan fingerprint density at radius 1 is 1.75 bits per heavy atom. The van der Waals surface area contributed by atoms with E-state index in [1.54, 1.807) is 12.3 Å². The van der Waals surface area contributed by atoms with Gasteiger partial charge in [-0.2, -0.15) is 0 Å². The summed E-state index contributed by atoms with van der Waals surface area (Å²) in [4.78, 5) is 10.6. The fourth-order valence-electron chi connectivity index (χ4n) is 0.409. The van der Waals surface area contributed by atoms with Gasteiger partial charge in [-0.25, -0.2) is 0 Å². The van der Waals surface area contributed by atoms with Crippen LogP contribution in [0, 0.1) is 0 Å². The Bertz CT molecular complexity index is 231. The molecule has 0 unspecified atom stereocenters. The summed E-state index contributed by atoms with van der Waals surface area (Å²) in [6.07, 6.45) is 1.60. The van der Waals surface area contributed by atoms with E-state index in [4.69, 9.17) is 0 Å². The number of aromatic amines is 1. The quantitative estimate of drug-likeness (QED) is 0.499. The number of nitrogens with zero attached hydrogens (tertiary/aromatic N) is 1. The third-order valence-corrected chi connectivity index (χ3v) is 3.17. The number of hydrogen-bond donors (Lipinski definition) is 1. The van der Waals surface area contributed by atoms with E-state index in [-0.39, 0.29) is 5.56 Å². The van der Waals surface area contributed by atoms with Gasteiger partial charge in [0.1, 0.15) is 0 Å². The summed E-state index contributed by atoms with van der Waals surface area (Å²) in [7, 11) is 0. The summed E-state index contributed by atoms with van der Waals surface area (Å²) < 4.78 is 0.904. The van der Waals surface area contributed by atoms with Crippen LogP contribution in [0.4, 0.5) is 0 Å². The monoisotopic (exact) mass is 218 g/mol. The molecule has 0 fully saturated rings. The number of H-pyrrole nitrogens is 1. The van der Waals surface area contributed by atoms with Crippen molar-refractivity contribution < 1.29 is 0 Å². The van der Waals surface area contributed by atoms with Crippen molar-refractivity contribution in [3.05, 3.63) is 22.6 Å². The van der Waals surface area contributed by atoms with Gasteiger partial charge in [-0.15, -0.1) is 0 Å². The van der Waals surface area contributed by atoms with Gasteiger partial charge in [0.25, 0.3) is 0 Å². The molecule has 0 aromatic carbocycles. The molecule has 0 aliphatic heterocycles. The first-order chi connectivity index (χ1) is 3.80. The van der Waals surface area contributed by atoms with E-state index in [0.717, 1.165) is 3.58 Å². The minimum atomic E-state index is -0.0247. The van der Waals surface area contributed by atoms with Gasteiger partial charge in [0.2, 0.25) is 0 Å². The van der Waals surface area contributed by atoms with Crippen LogP contribution in [0.3, 0.4) is 0 Å². The van der Waals surface area contributed by atoms with Crippen LogP contribution in [0.1, 0.15) is 0 Å². The van der Waals surface area contributed by atoms with Crippen molar-refractivity contribution >= 4 is 26.1 Å². The minimum absolute atomic E-state index is 0.0247. The molecule has 1 aromatic heterocycles. The van der Waals surface area contributed by atoms with Gasteiger partial charge in [0.05, 0.1) is 0 Å². The summed E-state index contributed by atoms with van der Waals surface area (Å²) in [5, 5.41) is 5.89. The summed E-state index contributed by atoms with van der Waals surface area (Å²) in [6.45, 7) is 0. The first kappa shape index (κ1) is 5.81. The van der Waals surface area contributed by atoms with Crippen LogP contribution in [-0.4, -0.2) is 32.7 Å². The van der Waals surface area contributed by atoms with Gasteiger partial charge in [-0.3, -0.25) is 0 Å². The molecule has 1 heterocycles. The van der Waals surface area contributed by atoms with Crippen molar-refractivity contribution in [3.63, 3.8) is 0 Å². The molecule has 0 saturated carbocycles. The second-order valence-corrected chi connectivity index (χ2v) is 4.64. The Balaban J connectivity index is 3.35. The normalized spacial score (nSPS) is 9.50. The average Bonchev–Trinajstić information content (AvgIpc) is 1.77. The van der Waals surface area contributed by atoms with E-state index in [0.29, 0.717) is 22.5 Å². The number of nitrogens with one attached hydrogen (secondary N) is 1. The van der Waals surface area contributed by atoms with Crippen molar-refractivity contribution in [1.29, 1.82) is 0 Å². The van der Waals surface area contributed by atoms with E-state index in [2.05, 4.69) is 10.2 Å². The molecular weight excluding hydrogens is 211 g/mol. The zero-order valence-electron chi connectivity index (χ0n) is 4.51. The number of aromatic nitrogens is 2. The van der Waals surface area contributed by atoms with Crippen molar-refractivity contribution in [2.24, 2.45) is 0 Å². The van der Waals surface area contributed by atoms with Crippen LogP contribution < -0.4 is 9.14 Å². The Morgan fingerprint density at radius 3 is 2.88 bits per heavy atom. The van der Waals surface area contributed by atoms with Crippen LogP contribution in [0.15, 0.2) is 17.1 Å². The molecule has 0 aliphatic rings. The zero-order valence-corrected chi connectivity index (χ0v) is 10.2. The molecule has 0 radical (unpaired) electrons. The molecule has 8 heavy (non-hydrogen) atoms. The molecule has 0 bridgehead atoms. The SMILES string of the molecule is O=c1[nH]ncc[c]1[SnH3]. The van der Waals surface area contributed by atoms with E-state index >= 15 is 0 Å². The van der Waals surface area contributed by atoms with Gasteiger partial charge in [0, 0.05) is 0 Å². The number of rotatable bonds is 0. The summed E-state index contributed by atoms with van der Waals surface area (Å²) in [5.74, 6) is 0. The molecule has 3 nitrogen and oxygen atoms in total. The Kier molecular flexibility index (Phi) is 1.67. The van der Waals surface area contributed by atoms with Crippen molar-refractivity contribution in [3.8, 4) is 0 Å². The molecule has 0 aliphatic carbocycles. The second-order valence-electron chi connectivity index (χ2n) is 1.57. The zero-order chi connectivity index (χ0) is 5.98. The van der Waals surface area contributed by atoms with Gasteiger partial charge < -0.3 is 0 Å². The van der Waals surface area contributed by atoms with Crippen molar-refractivity contribution in [2.45, 2.75) is 0 Å². The van der Waals surface area contributed by atoms with Gasteiger partial charge in [0.15, 0.2) is 0 Å². The van der Waals surface area contributed by atoms with Crippen LogP contribution in [0.2, 0.25) is 0 Å². The first-order valence-electron chi connectivity index (χ1n) is 2.31. The van der Waals surface area contributed by atoms with E-state index in [9.17, 15) is 4.79 Å². The Hall–Kier alpha value is -0.321. The van der Waals surface area contributed by atoms with Crippen LogP contribution >= 0.6 is 0 Å². The first-order valence-corrected chi connectivity index (χ1v) is 5.16.